The molecule has 4 nitrogen and oxygen atoms in total. The monoisotopic (exact) mass is 290 g/mol. The lowest BCUT2D eigenvalue weighted by Crippen LogP contribution is -2.43. The first-order chi connectivity index (χ1) is 10.1. The van der Waals surface area contributed by atoms with Crippen LogP contribution in [0.4, 0.5) is 0 Å². The predicted octanol–water partition coefficient (Wildman–Crippen LogP) is 2.67. The molecular formula is C17H26N2O2. The normalized spacial score (nSPS) is 20.7. The van der Waals surface area contributed by atoms with Crippen LogP contribution in [0, 0.1) is 5.92 Å². The van der Waals surface area contributed by atoms with Crippen LogP contribution in [0.25, 0.3) is 0 Å². The fourth-order valence-electron chi connectivity index (χ4n) is 2.66. The second-order valence-corrected chi connectivity index (χ2v) is 6.01. The highest BCUT2D eigenvalue weighted by Gasteiger charge is 2.28. The van der Waals surface area contributed by atoms with Gasteiger partial charge < -0.3 is 15.4 Å². The zero-order valence-corrected chi connectivity index (χ0v) is 13.0. The first kappa shape index (κ1) is 15.8. The lowest BCUT2D eigenvalue weighted by atomic mass is 9.80. The van der Waals surface area contributed by atoms with Crippen molar-refractivity contribution in [2.45, 2.75) is 38.6 Å². The summed E-state index contributed by atoms with van der Waals surface area (Å²) in [6, 6.07) is 7.75. The summed E-state index contributed by atoms with van der Waals surface area (Å²) < 4.78 is 5.61. The maximum atomic E-state index is 12.3. The Morgan fingerprint density at radius 2 is 2.00 bits per heavy atom. The van der Waals surface area contributed by atoms with Gasteiger partial charge in [0.25, 0.3) is 5.91 Å². The van der Waals surface area contributed by atoms with Crippen molar-refractivity contribution >= 4 is 5.91 Å². The molecule has 1 fully saturated rings. The number of nitrogens with two attached hydrogens (primary N) is 1. The van der Waals surface area contributed by atoms with E-state index in [1.54, 1.807) is 4.90 Å². The third kappa shape index (κ3) is 4.46. The quantitative estimate of drug-likeness (QED) is 0.785. The van der Waals surface area contributed by atoms with E-state index in [0.29, 0.717) is 17.5 Å². The van der Waals surface area contributed by atoms with Gasteiger partial charge in [-0.1, -0.05) is 13.3 Å². The van der Waals surface area contributed by atoms with Crippen molar-refractivity contribution in [2.75, 3.05) is 20.2 Å². The van der Waals surface area contributed by atoms with Crippen LogP contribution in [0.2, 0.25) is 0 Å². The molecule has 1 aromatic rings. The molecular weight excluding hydrogens is 264 g/mol. The Kier molecular flexibility index (Phi) is 5.62. The van der Waals surface area contributed by atoms with Crippen molar-refractivity contribution in [1.82, 2.24) is 4.90 Å². The van der Waals surface area contributed by atoms with Crippen LogP contribution < -0.4 is 10.5 Å². The first-order valence-electron chi connectivity index (χ1n) is 7.84. The van der Waals surface area contributed by atoms with Gasteiger partial charge in [-0.3, -0.25) is 4.79 Å². The van der Waals surface area contributed by atoms with Crippen molar-refractivity contribution in [3.63, 3.8) is 0 Å². The van der Waals surface area contributed by atoms with Crippen LogP contribution in [-0.4, -0.2) is 37.0 Å². The number of carbonyl (C=O) groups is 1. The van der Waals surface area contributed by atoms with Crippen LogP contribution >= 0.6 is 0 Å². The molecule has 0 atom stereocenters. The molecule has 1 amide bonds. The molecule has 116 valence electrons. The van der Waals surface area contributed by atoms with Crippen molar-refractivity contribution in [2.24, 2.45) is 11.7 Å². The molecule has 4 heteroatoms. The number of amides is 1. The lowest BCUT2D eigenvalue weighted by molar-refractivity contribution is 0.0734. The maximum Gasteiger partial charge on any atom is 0.253 e. The summed E-state index contributed by atoms with van der Waals surface area (Å²) >= 11 is 0. The zero-order valence-electron chi connectivity index (χ0n) is 13.0. The summed E-state index contributed by atoms with van der Waals surface area (Å²) in [5, 5.41) is 0. The molecule has 1 aliphatic carbocycles. The molecule has 0 bridgehead atoms. The van der Waals surface area contributed by atoms with Crippen LogP contribution in [0.5, 0.6) is 5.75 Å². The van der Waals surface area contributed by atoms with Crippen molar-refractivity contribution < 1.29 is 9.53 Å². The molecule has 0 spiro atoms. The summed E-state index contributed by atoms with van der Waals surface area (Å²) in [7, 11) is 1.86. The Morgan fingerprint density at radius 3 is 2.57 bits per heavy atom. The van der Waals surface area contributed by atoms with Gasteiger partial charge >= 0.3 is 0 Å². The molecule has 0 heterocycles. The molecule has 21 heavy (non-hydrogen) atoms. The van der Waals surface area contributed by atoms with E-state index in [1.807, 2.05) is 31.3 Å². The second kappa shape index (κ2) is 7.46. The first-order valence-corrected chi connectivity index (χ1v) is 7.84. The summed E-state index contributed by atoms with van der Waals surface area (Å²) in [5.74, 6) is 1.45. The van der Waals surface area contributed by atoms with Crippen LogP contribution in [-0.2, 0) is 0 Å². The van der Waals surface area contributed by atoms with E-state index in [-0.39, 0.29) is 5.91 Å². The molecule has 0 unspecified atom stereocenters. The standard InChI is InChI=1S/C17H26N2O2/c1-3-4-9-21-16-7-5-14(6-8-16)17(20)19(2)12-13-10-15(18)11-13/h5-8,13,15H,3-4,9-12,18H2,1-2H3. The number of hydrogen-bond acceptors (Lipinski definition) is 3. The van der Waals surface area contributed by atoms with Crippen LogP contribution in [0.15, 0.2) is 24.3 Å². The molecule has 1 saturated carbocycles. The highest BCUT2D eigenvalue weighted by atomic mass is 16.5. The lowest BCUT2D eigenvalue weighted by Gasteiger charge is -2.35. The third-order valence-electron chi connectivity index (χ3n) is 4.02. The van der Waals surface area contributed by atoms with Gasteiger partial charge in [-0.2, -0.15) is 0 Å². The van der Waals surface area contributed by atoms with Gasteiger partial charge in [0.05, 0.1) is 6.61 Å². The van der Waals surface area contributed by atoms with Gasteiger partial charge in [-0.15, -0.1) is 0 Å². The third-order valence-corrected chi connectivity index (χ3v) is 4.02. The van der Waals surface area contributed by atoms with E-state index in [1.165, 1.54) is 0 Å². The number of rotatable bonds is 7. The van der Waals surface area contributed by atoms with E-state index < -0.39 is 0 Å². The number of benzene rings is 1. The van der Waals surface area contributed by atoms with E-state index >= 15 is 0 Å². The molecule has 0 saturated heterocycles. The molecule has 1 aliphatic rings. The highest BCUT2D eigenvalue weighted by molar-refractivity contribution is 5.94. The Hall–Kier alpha value is -1.55. The summed E-state index contributed by atoms with van der Waals surface area (Å²) in [5.41, 5.74) is 6.49. The molecule has 0 aliphatic heterocycles. The fraction of sp³-hybridized carbons (Fsp3) is 0.588. The van der Waals surface area contributed by atoms with Gasteiger partial charge in [0.1, 0.15) is 5.75 Å². The van der Waals surface area contributed by atoms with Gasteiger partial charge in [-0.05, 0) is 49.4 Å². The molecule has 2 rings (SSSR count). The zero-order chi connectivity index (χ0) is 15.2. The number of nitrogens with zero attached hydrogens (tertiary/aromatic N) is 1. The average Bonchev–Trinajstić information content (AvgIpc) is 2.46. The topological polar surface area (TPSA) is 55.6 Å². The van der Waals surface area contributed by atoms with Gasteiger partial charge in [0, 0.05) is 25.2 Å². The summed E-state index contributed by atoms with van der Waals surface area (Å²) in [6.07, 6.45) is 4.22. The Morgan fingerprint density at radius 1 is 1.33 bits per heavy atom. The van der Waals surface area contributed by atoms with Crippen molar-refractivity contribution in [3.05, 3.63) is 29.8 Å². The molecule has 2 N–H and O–H groups in total. The van der Waals surface area contributed by atoms with Gasteiger partial charge in [0.2, 0.25) is 0 Å². The average molecular weight is 290 g/mol. The van der Waals surface area contributed by atoms with E-state index in [0.717, 1.165) is 44.6 Å². The van der Waals surface area contributed by atoms with Gasteiger partial charge in [-0.25, -0.2) is 0 Å². The highest BCUT2D eigenvalue weighted by Crippen LogP contribution is 2.26. The Bertz CT molecular complexity index is 452. The minimum absolute atomic E-state index is 0.0654. The number of ether oxygens (including phenoxy) is 1. The van der Waals surface area contributed by atoms with E-state index in [2.05, 4.69) is 6.92 Å². The Balaban J connectivity index is 1.84. The van der Waals surface area contributed by atoms with Crippen LogP contribution in [0.3, 0.4) is 0 Å². The Labute approximate surface area is 127 Å². The fourth-order valence-corrected chi connectivity index (χ4v) is 2.66. The maximum absolute atomic E-state index is 12.3. The minimum Gasteiger partial charge on any atom is -0.494 e. The van der Waals surface area contributed by atoms with Crippen molar-refractivity contribution in [3.8, 4) is 5.75 Å². The second-order valence-electron chi connectivity index (χ2n) is 6.01. The summed E-state index contributed by atoms with van der Waals surface area (Å²) in [6.45, 7) is 3.66. The number of unbranched alkanes of at least 4 members (excludes halogenated alkanes) is 1. The van der Waals surface area contributed by atoms with E-state index in [9.17, 15) is 4.79 Å². The molecule has 0 radical (unpaired) electrons. The number of carbonyl (C=O) groups excluding carboxylic acids is 1. The van der Waals surface area contributed by atoms with E-state index in [4.69, 9.17) is 10.5 Å². The summed E-state index contributed by atoms with van der Waals surface area (Å²) in [4.78, 5) is 14.1. The van der Waals surface area contributed by atoms with Gasteiger partial charge in [0.15, 0.2) is 0 Å². The van der Waals surface area contributed by atoms with Crippen LogP contribution in [0.1, 0.15) is 43.0 Å². The van der Waals surface area contributed by atoms with Crippen molar-refractivity contribution in [1.29, 1.82) is 0 Å². The SMILES string of the molecule is CCCCOc1ccc(C(=O)N(C)CC2CC(N)C2)cc1. The minimum atomic E-state index is 0.0654. The number of hydrogen-bond donors (Lipinski definition) is 1. The molecule has 1 aromatic carbocycles. The smallest absolute Gasteiger partial charge is 0.253 e. The molecule has 0 aromatic heterocycles. The predicted molar refractivity (Wildman–Crippen MR) is 84.5 cm³/mol. The largest absolute Gasteiger partial charge is 0.494 e.